The Bertz CT molecular complexity index is 503. The highest BCUT2D eigenvalue weighted by molar-refractivity contribution is 6.30. The SMILES string of the molecule is CC(C)(c1cc(Cl)ccc1[N+](=O)[O-])C(N)C(F)(F)F. The summed E-state index contributed by atoms with van der Waals surface area (Å²) in [6, 6.07) is 1.23. The highest BCUT2D eigenvalue weighted by atomic mass is 35.5. The highest BCUT2D eigenvalue weighted by Crippen LogP contribution is 2.40. The quantitative estimate of drug-likeness (QED) is 0.686. The first-order valence-corrected chi connectivity index (χ1v) is 5.62. The minimum atomic E-state index is -4.67. The molecule has 0 heterocycles. The molecule has 0 amide bonds. The van der Waals surface area contributed by atoms with Gasteiger partial charge in [-0.05, 0) is 12.1 Å². The Morgan fingerprint density at radius 3 is 2.32 bits per heavy atom. The van der Waals surface area contributed by atoms with Gasteiger partial charge in [0.05, 0.1) is 4.92 Å². The van der Waals surface area contributed by atoms with Crippen molar-refractivity contribution in [2.75, 3.05) is 0 Å². The summed E-state index contributed by atoms with van der Waals surface area (Å²) < 4.78 is 38.2. The molecule has 0 spiro atoms. The molecule has 1 aromatic carbocycles. The number of benzene rings is 1. The van der Waals surface area contributed by atoms with Gasteiger partial charge in [0.2, 0.25) is 0 Å². The van der Waals surface area contributed by atoms with Crippen molar-refractivity contribution < 1.29 is 18.1 Å². The van der Waals surface area contributed by atoms with E-state index in [0.717, 1.165) is 12.1 Å². The van der Waals surface area contributed by atoms with E-state index in [9.17, 15) is 23.3 Å². The Morgan fingerprint density at radius 1 is 1.37 bits per heavy atom. The first-order valence-electron chi connectivity index (χ1n) is 5.24. The third kappa shape index (κ3) is 3.16. The van der Waals surface area contributed by atoms with Crippen molar-refractivity contribution in [3.63, 3.8) is 0 Å². The maximum absolute atomic E-state index is 12.7. The van der Waals surface area contributed by atoms with Crippen LogP contribution in [0.5, 0.6) is 0 Å². The van der Waals surface area contributed by atoms with Crippen LogP contribution in [0, 0.1) is 10.1 Å². The number of nitro groups is 1. The van der Waals surface area contributed by atoms with E-state index in [4.69, 9.17) is 17.3 Å². The molecule has 0 aliphatic heterocycles. The van der Waals surface area contributed by atoms with Gasteiger partial charge in [-0.2, -0.15) is 13.2 Å². The second-order valence-electron chi connectivity index (χ2n) is 4.66. The molecule has 2 N–H and O–H groups in total. The Morgan fingerprint density at radius 2 is 1.89 bits per heavy atom. The molecule has 0 aliphatic carbocycles. The predicted molar refractivity (Wildman–Crippen MR) is 65.2 cm³/mol. The first-order chi connectivity index (χ1) is 8.48. The molecule has 4 nitrogen and oxygen atoms in total. The van der Waals surface area contributed by atoms with Gasteiger partial charge in [0.25, 0.3) is 5.69 Å². The first kappa shape index (κ1) is 15.7. The van der Waals surface area contributed by atoms with Crippen LogP contribution >= 0.6 is 11.6 Å². The summed E-state index contributed by atoms with van der Waals surface area (Å²) in [4.78, 5) is 10.1. The lowest BCUT2D eigenvalue weighted by atomic mass is 9.77. The van der Waals surface area contributed by atoms with E-state index >= 15 is 0 Å². The lowest BCUT2D eigenvalue weighted by Gasteiger charge is -2.33. The van der Waals surface area contributed by atoms with Gasteiger partial charge in [0.1, 0.15) is 6.04 Å². The Kier molecular flexibility index (Phi) is 4.11. The van der Waals surface area contributed by atoms with E-state index < -0.39 is 28.2 Å². The second-order valence-corrected chi connectivity index (χ2v) is 5.10. The number of hydrogen-bond acceptors (Lipinski definition) is 3. The molecule has 106 valence electrons. The summed E-state index contributed by atoms with van der Waals surface area (Å²) in [5.74, 6) is 0. The minimum absolute atomic E-state index is 0.114. The van der Waals surface area contributed by atoms with Crippen LogP contribution in [0.2, 0.25) is 5.02 Å². The summed E-state index contributed by atoms with van der Waals surface area (Å²) in [7, 11) is 0. The van der Waals surface area contributed by atoms with Gasteiger partial charge in [0, 0.05) is 22.1 Å². The summed E-state index contributed by atoms with van der Waals surface area (Å²) >= 11 is 5.70. The van der Waals surface area contributed by atoms with Gasteiger partial charge >= 0.3 is 6.18 Å². The fourth-order valence-corrected chi connectivity index (χ4v) is 1.93. The summed E-state index contributed by atoms with van der Waals surface area (Å²) in [6.45, 7) is 2.40. The highest BCUT2D eigenvalue weighted by Gasteiger charge is 2.49. The number of nitrogens with two attached hydrogens (primary N) is 1. The normalized spacial score (nSPS) is 14.3. The number of alkyl halides is 3. The fraction of sp³-hybridized carbons (Fsp3) is 0.455. The van der Waals surface area contributed by atoms with Gasteiger partial charge in [-0.25, -0.2) is 0 Å². The van der Waals surface area contributed by atoms with Crippen LogP contribution in [0.15, 0.2) is 18.2 Å². The van der Waals surface area contributed by atoms with Crippen molar-refractivity contribution >= 4 is 17.3 Å². The smallest absolute Gasteiger partial charge is 0.319 e. The molecular formula is C11H12ClF3N2O2. The van der Waals surface area contributed by atoms with E-state index in [1.165, 1.54) is 19.9 Å². The van der Waals surface area contributed by atoms with Crippen LogP contribution < -0.4 is 5.73 Å². The van der Waals surface area contributed by atoms with Crippen LogP contribution in [-0.2, 0) is 5.41 Å². The van der Waals surface area contributed by atoms with E-state index in [-0.39, 0.29) is 10.6 Å². The van der Waals surface area contributed by atoms with Gasteiger partial charge < -0.3 is 5.73 Å². The van der Waals surface area contributed by atoms with Crippen molar-refractivity contribution in [3.8, 4) is 0 Å². The summed E-state index contributed by atoms with van der Waals surface area (Å²) in [6.07, 6.45) is -4.67. The van der Waals surface area contributed by atoms with E-state index in [1.807, 2.05) is 0 Å². The molecule has 1 atom stereocenters. The predicted octanol–water partition coefficient (Wildman–Crippen LogP) is 3.42. The molecule has 0 radical (unpaired) electrons. The van der Waals surface area contributed by atoms with Crippen molar-refractivity contribution in [2.24, 2.45) is 5.73 Å². The van der Waals surface area contributed by atoms with Crippen molar-refractivity contribution in [1.29, 1.82) is 0 Å². The van der Waals surface area contributed by atoms with Crippen LogP contribution in [0.25, 0.3) is 0 Å². The Balaban J connectivity index is 3.43. The van der Waals surface area contributed by atoms with Crippen molar-refractivity contribution in [3.05, 3.63) is 38.9 Å². The van der Waals surface area contributed by atoms with E-state index in [0.29, 0.717) is 0 Å². The Hall–Kier alpha value is -1.34. The number of hydrogen-bond donors (Lipinski definition) is 1. The monoisotopic (exact) mass is 296 g/mol. The third-order valence-corrected chi connectivity index (χ3v) is 3.21. The fourth-order valence-electron chi connectivity index (χ4n) is 1.76. The molecule has 1 aromatic rings. The van der Waals surface area contributed by atoms with Gasteiger partial charge in [0.15, 0.2) is 0 Å². The lowest BCUT2D eigenvalue weighted by molar-refractivity contribution is -0.386. The minimum Gasteiger partial charge on any atom is -0.319 e. The number of rotatable bonds is 3. The molecule has 0 aliphatic rings. The standard InChI is InChI=1S/C11H12ClF3N2O2/c1-10(2,9(16)11(13,14)15)7-5-6(12)3-4-8(7)17(18)19/h3-5,9H,16H2,1-2H3. The zero-order valence-corrected chi connectivity index (χ0v) is 10.9. The topological polar surface area (TPSA) is 69.2 Å². The molecule has 1 unspecified atom stereocenters. The second kappa shape index (κ2) is 4.97. The number of halogens is 4. The molecule has 8 heteroatoms. The third-order valence-electron chi connectivity index (χ3n) is 2.98. The van der Waals surface area contributed by atoms with Crippen LogP contribution in [-0.4, -0.2) is 17.1 Å². The molecule has 19 heavy (non-hydrogen) atoms. The Labute approximate surface area is 112 Å². The molecule has 0 bridgehead atoms. The molecule has 0 fully saturated rings. The van der Waals surface area contributed by atoms with Crippen LogP contribution in [0.3, 0.4) is 0 Å². The lowest BCUT2D eigenvalue weighted by Crippen LogP contribution is -2.51. The maximum Gasteiger partial charge on any atom is 0.404 e. The van der Waals surface area contributed by atoms with Gasteiger partial charge in [-0.1, -0.05) is 25.4 Å². The largest absolute Gasteiger partial charge is 0.404 e. The molecule has 1 rings (SSSR count). The van der Waals surface area contributed by atoms with Crippen molar-refractivity contribution in [1.82, 2.24) is 0 Å². The average molecular weight is 297 g/mol. The van der Waals surface area contributed by atoms with Gasteiger partial charge in [-0.3, -0.25) is 10.1 Å². The van der Waals surface area contributed by atoms with Crippen molar-refractivity contribution in [2.45, 2.75) is 31.5 Å². The van der Waals surface area contributed by atoms with Crippen LogP contribution in [0.1, 0.15) is 19.4 Å². The molecule has 0 saturated carbocycles. The molecule has 0 aromatic heterocycles. The molecule has 0 saturated heterocycles. The number of nitrogens with zero attached hydrogens (tertiary/aromatic N) is 1. The summed E-state index contributed by atoms with van der Waals surface area (Å²) in [5.41, 5.74) is 2.93. The molecular weight excluding hydrogens is 285 g/mol. The zero-order chi connectivity index (χ0) is 15.0. The number of nitro benzene ring substituents is 1. The zero-order valence-electron chi connectivity index (χ0n) is 10.2. The average Bonchev–Trinajstić information content (AvgIpc) is 2.26. The maximum atomic E-state index is 12.7. The summed E-state index contributed by atoms with van der Waals surface area (Å²) in [5, 5.41) is 11.0. The van der Waals surface area contributed by atoms with E-state index in [2.05, 4.69) is 0 Å². The van der Waals surface area contributed by atoms with Crippen LogP contribution in [0.4, 0.5) is 18.9 Å². The van der Waals surface area contributed by atoms with Gasteiger partial charge in [-0.15, -0.1) is 0 Å². The van der Waals surface area contributed by atoms with E-state index in [1.54, 1.807) is 0 Å².